The van der Waals surface area contributed by atoms with Gasteiger partial charge in [-0.2, -0.15) is 0 Å². The van der Waals surface area contributed by atoms with Crippen LogP contribution in [0.15, 0.2) is 11.6 Å². The van der Waals surface area contributed by atoms with E-state index >= 15 is 0 Å². The Balaban J connectivity index is 1.37. The van der Waals surface area contributed by atoms with E-state index in [1.807, 2.05) is 0 Å². The molecule has 2 saturated heterocycles. The summed E-state index contributed by atoms with van der Waals surface area (Å²) in [5, 5.41) is 45.7. The van der Waals surface area contributed by atoms with E-state index in [4.69, 9.17) is 9.47 Å². The molecule has 0 radical (unpaired) electrons. The fraction of sp³-hybridized carbons (Fsp3) is 0.926. The standard InChI is InChI=1S/C27H42O6/c1-14-7-10-26(32-13-14)15(2)21-22(33-26)23(30)27(31)19-6-5-16-11-17(28)12-20(29)25(16,4)18(19)8-9-24(21,27)3/h5,14-15,17-23,28-31H,6-13H2,1-4H3/t14-,15-,17-,18?,19?,20-,21?,22?,23+,24-,25+,26+,27+/m1/s1. The average molecular weight is 463 g/mol. The molecular weight excluding hydrogens is 420 g/mol. The summed E-state index contributed by atoms with van der Waals surface area (Å²) >= 11 is 0. The molecular formula is C27H42O6. The first-order valence-electron chi connectivity index (χ1n) is 13.3. The largest absolute Gasteiger partial charge is 0.393 e. The van der Waals surface area contributed by atoms with E-state index < -0.39 is 46.6 Å². The number of allylic oxidation sites excluding steroid dienone is 1. The van der Waals surface area contributed by atoms with E-state index in [1.54, 1.807) is 0 Å². The van der Waals surface area contributed by atoms with Gasteiger partial charge in [0, 0.05) is 35.5 Å². The second kappa shape index (κ2) is 7.04. The van der Waals surface area contributed by atoms with Crippen molar-refractivity contribution in [3.63, 3.8) is 0 Å². The highest BCUT2D eigenvalue weighted by atomic mass is 16.7. The lowest BCUT2D eigenvalue weighted by Crippen LogP contribution is -2.67. The molecule has 186 valence electrons. The number of fused-ring (bicyclic) bond motifs is 7. The lowest BCUT2D eigenvalue weighted by atomic mass is 9.44. The zero-order valence-electron chi connectivity index (χ0n) is 20.5. The molecule has 0 aromatic heterocycles. The van der Waals surface area contributed by atoms with Gasteiger partial charge in [-0.05, 0) is 49.9 Å². The highest BCUT2D eigenvalue weighted by molar-refractivity contribution is 5.32. The molecule has 6 heteroatoms. The van der Waals surface area contributed by atoms with Crippen molar-refractivity contribution in [2.24, 2.45) is 40.4 Å². The number of aliphatic hydroxyl groups excluding tert-OH is 3. The minimum absolute atomic E-state index is 0.0307. The van der Waals surface area contributed by atoms with Crippen molar-refractivity contribution in [2.45, 2.75) is 108 Å². The Hall–Kier alpha value is -0.500. The van der Waals surface area contributed by atoms with Crippen molar-refractivity contribution in [3.8, 4) is 0 Å². The van der Waals surface area contributed by atoms with Crippen molar-refractivity contribution >= 4 is 0 Å². The summed E-state index contributed by atoms with van der Waals surface area (Å²) in [6.07, 6.45) is 4.83. The number of rotatable bonds is 0. The highest BCUT2D eigenvalue weighted by Gasteiger charge is 2.78. The minimum atomic E-state index is -1.27. The van der Waals surface area contributed by atoms with E-state index in [-0.39, 0.29) is 23.7 Å². The Morgan fingerprint density at radius 1 is 1.03 bits per heavy atom. The Labute approximate surface area is 197 Å². The molecule has 13 atom stereocenters. The van der Waals surface area contributed by atoms with Crippen LogP contribution in [0.5, 0.6) is 0 Å². The van der Waals surface area contributed by atoms with E-state index in [9.17, 15) is 20.4 Å². The molecule has 6 nitrogen and oxygen atoms in total. The van der Waals surface area contributed by atoms with E-state index in [0.29, 0.717) is 31.8 Å². The van der Waals surface area contributed by atoms with Crippen LogP contribution < -0.4 is 0 Å². The maximum atomic E-state index is 12.5. The van der Waals surface area contributed by atoms with Crippen LogP contribution in [0.2, 0.25) is 0 Å². The molecule has 5 fully saturated rings. The lowest BCUT2D eigenvalue weighted by Gasteiger charge is -2.63. The third-order valence-corrected chi connectivity index (χ3v) is 11.7. The Kier molecular flexibility index (Phi) is 4.89. The Morgan fingerprint density at radius 2 is 1.79 bits per heavy atom. The number of hydrogen-bond acceptors (Lipinski definition) is 6. The van der Waals surface area contributed by atoms with Gasteiger partial charge in [0.1, 0.15) is 11.7 Å². The van der Waals surface area contributed by atoms with Crippen LogP contribution in [0.25, 0.3) is 0 Å². The minimum Gasteiger partial charge on any atom is -0.393 e. The average Bonchev–Trinajstić information content (AvgIpc) is 3.14. The molecule has 2 heterocycles. The molecule has 0 aromatic carbocycles. The maximum Gasteiger partial charge on any atom is 0.171 e. The van der Waals surface area contributed by atoms with Gasteiger partial charge in [-0.25, -0.2) is 0 Å². The zero-order chi connectivity index (χ0) is 23.6. The first kappa shape index (κ1) is 22.9. The van der Waals surface area contributed by atoms with Crippen LogP contribution in [-0.2, 0) is 9.47 Å². The predicted molar refractivity (Wildman–Crippen MR) is 122 cm³/mol. The van der Waals surface area contributed by atoms with Gasteiger partial charge in [0.15, 0.2) is 5.79 Å². The molecule has 6 aliphatic rings. The molecule has 6 rings (SSSR count). The fourth-order valence-corrected chi connectivity index (χ4v) is 9.70. The van der Waals surface area contributed by atoms with Gasteiger partial charge in [-0.3, -0.25) is 0 Å². The Bertz CT molecular complexity index is 850. The third-order valence-electron chi connectivity index (χ3n) is 11.7. The second-order valence-electron chi connectivity index (χ2n) is 13.0. The summed E-state index contributed by atoms with van der Waals surface area (Å²) in [5.74, 6) is -0.0731. The zero-order valence-corrected chi connectivity index (χ0v) is 20.5. The predicted octanol–water partition coefficient (Wildman–Crippen LogP) is 2.77. The van der Waals surface area contributed by atoms with Gasteiger partial charge in [0.25, 0.3) is 0 Å². The summed E-state index contributed by atoms with van der Waals surface area (Å²) in [7, 11) is 0. The van der Waals surface area contributed by atoms with Crippen LogP contribution in [0.4, 0.5) is 0 Å². The molecule has 4 N–H and O–H groups in total. The molecule has 0 amide bonds. The first-order valence-corrected chi connectivity index (χ1v) is 13.3. The van der Waals surface area contributed by atoms with E-state index in [1.165, 1.54) is 0 Å². The molecule has 33 heavy (non-hydrogen) atoms. The van der Waals surface area contributed by atoms with Gasteiger partial charge < -0.3 is 29.9 Å². The highest BCUT2D eigenvalue weighted by Crippen LogP contribution is 2.72. The van der Waals surface area contributed by atoms with E-state index in [0.717, 1.165) is 31.3 Å². The summed E-state index contributed by atoms with van der Waals surface area (Å²) < 4.78 is 13.0. The van der Waals surface area contributed by atoms with E-state index in [2.05, 4.69) is 33.8 Å². The normalized spacial score (nSPS) is 62.3. The quantitative estimate of drug-likeness (QED) is 0.413. The molecule has 2 aliphatic heterocycles. The van der Waals surface area contributed by atoms with Crippen LogP contribution in [-0.4, -0.2) is 62.8 Å². The van der Waals surface area contributed by atoms with Gasteiger partial charge >= 0.3 is 0 Å². The van der Waals surface area contributed by atoms with Crippen molar-refractivity contribution < 1.29 is 29.9 Å². The topological polar surface area (TPSA) is 99.4 Å². The summed E-state index contributed by atoms with van der Waals surface area (Å²) in [6.45, 7) is 9.37. The molecule has 0 bridgehead atoms. The van der Waals surface area contributed by atoms with Crippen LogP contribution in [0, 0.1) is 40.4 Å². The fourth-order valence-electron chi connectivity index (χ4n) is 9.70. The molecule has 3 saturated carbocycles. The van der Waals surface area contributed by atoms with Crippen LogP contribution >= 0.6 is 0 Å². The molecule has 0 aromatic rings. The first-order chi connectivity index (χ1) is 15.5. The van der Waals surface area contributed by atoms with Crippen molar-refractivity contribution in [2.75, 3.05) is 6.61 Å². The molecule has 4 unspecified atom stereocenters. The van der Waals surface area contributed by atoms with Crippen molar-refractivity contribution in [1.82, 2.24) is 0 Å². The number of hydrogen-bond donors (Lipinski definition) is 4. The number of aliphatic hydroxyl groups is 4. The molecule has 1 spiro atoms. The van der Waals surface area contributed by atoms with Gasteiger partial charge in [-0.1, -0.05) is 39.3 Å². The second-order valence-corrected chi connectivity index (χ2v) is 13.0. The molecule has 4 aliphatic carbocycles. The summed E-state index contributed by atoms with van der Waals surface area (Å²) in [4.78, 5) is 0. The third kappa shape index (κ3) is 2.61. The number of ether oxygens (including phenoxy) is 2. The van der Waals surface area contributed by atoms with Gasteiger partial charge in [-0.15, -0.1) is 0 Å². The van der Waals surface area contributed by atoms with Crippen LogP contribution in [0.1, 0.15) is 72.6 Å². The SMILES string of the molecule is C[C@@H]1CC[C@]2(OC1)OC1C([C@H]2C)[C@@]2(C)CCC3C(CC=C4C[C@@H](O)C[C@@H](O)[C@@]43C)[C@]2(O)[C@H]1O. The van der Waals surface area contributed by atoms with Crippen molar-refractivity contribution in [3.05, 3.63) is 11.6 Å². The summed E-state index contributed by atoms with van der Waals surface area (Å²) in [5.41, 5.74) is -1.09. The summed E-state index contributed by atoms with van der Waals surface area (Å²) in [6, 6.07) is 0. The van der Waals surface area contributed by atoms with Gasteiger partial charge in [0.05, 0.1) is 24.9 Å². The Morgan fingerprint density at radius 3 is 2.48 bits per heavy atom. The van der Waals surface area contributed by atoms with Crippen LogP contribution in [0.3, 0.4) is 0 Å². The lowest BCUT2D eigenvalue weighted by molar-refractivity contribution is -0.297. The maximum absolute atomic E-state index is 12.5. The van der Waals surface area contributed by atoms with Crippen molar-refractivity contribution in [1.29, 1.82) is 0 Å². The monoisotopic (exact) mass is 462 g/mol. The van der Waals surface area contributed by atoms with Gasteiger partial charge in [0.2, 0.25) is 0 Å². The smallest absolute Gasteiger partial charge is 0.171 e.